The summed E-state index contributed by atoms with van der Waals surface area (Å²) in [5.41, 5.74) is 3.14. The molecule has 4 rings (SSSR count). The Bertz CT molecular complexity index is 836. The second-order valence-electron chi connectivity index (χ2n) is 6.79. The number of rotatable bonds is 3. The molecule has 0 unspecified atom stereocenters. The van der Waals surface area contributed by atoms with Crippen LogP contribution in [0.5, 0.6) is 5.88 Å². The molecule has 0 aliphatic carbocycles. The molecule has 3 heterocycles. The van der Waals surface area contributed by atoms with Crippen molar-refractivity contribution in [3.8, 4) is 5.88 Å². The van der Waals surface area contributed by atoms with Crippen LogP contribution in [-0.2, 0) is 6.42 Å². The van der Waals surface area contributed by atoms with Gasteiger partial charge in [-0.3, -0.25) is 0 Å². The third-order valence-electron chi connectivity index (χ3n) is 5.11. The average molecular weight is 386 g/mol. The molecule has 0 bridgehead atoms. The Hall–Kier alpha value is -2.28. The fraction of sp³-hybridized carbons (Fsp3) is 0.400. The largest absolute Gasteiger partial charge is 0.481 e. The normalized spacial score (nSPS) is 17.5. The van der Waals surface area contributed by atoms with Gasteiger partial charge in [-0.05, 0) is 48.9 Å². The van der Waals surface area contributed by atoms with Crippen molar-refractivity contribution in [2.75, 3.05) is 37.9 Å². The van der Waals surface area contributed by atoms with Crippen LogP contribution in [0.1, 0.15) is 12.0 Å². The van der Waals surface area contributed by atoms with Gasteiger partial charge in [-0.15, -0.1) is 0 Å². The average Bonchev–Trinajstić information content (AvgIpc) is 2.66. The first kappa shape index (κ1) is 18.1. The molecule has 7 heteroatoms. The molecule has 0 spiro atoms. The summed E-state index contributed by atoms with van der Waals surface area (Å²) in [7, 11) is 1.60. The molecule has 2 aliphatic heterocycles. The van der Waals surface area contributed by atoms with E-state index >= 15 is 0 Å². The fourth-order valence-corrected chi connectivity index (χ4v) is 4.30. The fourth-order valence-electron chi connectivity index (χ4n) is 3.70. The van der Waals surface area contributed by atoms with Crippen LogP contribution >= 0.6 is 11.8 Å². The van der Waals surface area contributed by atoms with Crippen molar-refractivity contribution >= 4 is 28.3 Å². The Morgan fingerprint density at radius 2 is 2.15 bits per heavy atom. The first-order valence-electron chi connectivity index (χ1n) is 9.10. The molecule has 1 fully saturated rings. The minimum Gasteiger partial charge on any atom is -0.481 e. The van der Waals surface area contributed by atoms with Crippen molar-refractivity contribution in [3.63, 3.8) is 0 Å². The predicted octanol–water partition coefficient (Wildman–Crippen LogP) is 3.72. The topological polar surface area (TPSA) is 41.0 Å². The van der Waals surface area contributed by atoms with Gasteiger partial charge < -0.3 is 14.5 Å². The van der Waals surface area contributed by atoms with E-state index in [0.29, 0.717) is 11.9 Å². The number of anilines is 1. The summed E-state index contributed by atoms with van der Waals surface area (Å²) in [4.78, 5) is 13.7. The number of aliphatic imine (C=N–C) groups is 1. The standard InChI is InChI=1S/C20H23FN4OS/c1-26-19-8-6-16(11-22-19)23-20(27-2)24-12-17(13-24)25-9-3-4-14-10-15(21)5-7-18(14)25/h5-8,10-11,17H,3-4,9,12-13H2,1-2H3/b23-20+. The lowest BCUT2D eigenvalue weighted by Gasteiger charge is -2.49. The van der Waals surface area contributed by atoms with E-state index in [4.69, 9.17) is 9.73 Å². The molecule has 2 aromatic rings. The lowest BCUT2D eigenvalue weighted by molar-refractivity contribution is 0.244. The molecular weight excluding hydrogens is 363 g/mol. The Balaban J connectivity index is 1.44. The van der Waals surface area contributed by atoms with Gasteiger partial charge in [0.05, 0.1) is 25.0 Å². The maximum atomic E-state index is 13.5. The van der Waals surface area contributed by atoms with Crippen LogP contribution in [-0.4, -0.2) is 54.1 Å². The maximum Gasteiger partial charge on any atom is 0.213 e. The van der Waals surface area contributed by atoms with Crippen molar-refractivity contribution in [2.45, 2.75) is 18.9 Å². The number of nitrogens with zero attached hydrogens (tertiary/aromatic N) is 4. The highest BCUT2D eigenvalue weighted by molar-refractivity contribution is 8.13. The zero-order valence-corrected chi connectivity index (χ0v) is 16.4. The number of amidine groups is 1. The number of likely N-dealkylation sites (tertiary alicyclic amines) is 1. The van der Waals surface area contributed by atoms with Crippen LogP contribution in [0.3, 0.4) is 0 Å². The first-order valence-corrected chi connectivity index (χ1v) is 10.3. The van der Waals surface area contributed by atoms with Gasteiger partial charge in [0.25, 0.3) is 0 Å². The van der Waals surface area contributed by atoms with Crippen molar-refractivity contribution in [1.82, 2.24) is 9.88 Å². The van der Waals surface area contributed by atoms with Crippen LogP contribution in [0.4, 0.5) is 15.8 Å². The Labute approximate surface area is 163 Å². The summed E-state index contributed by atoms with van der Waals surface area (Å²) < 4.78 is 18.6. The highest BCUT2D eigenvalue weighted by Crippen LogP contribution is 2.33. The predicted molar refractivity (Wildman–Crippen MR) is 109 cm³/mol. The minimum atomic E-state index is -0.143. The van der Waals surface area contributed by atoms with Crippen LogP contribution in [0, 0.1) is 5.82 Å². The molecule has 27 heavy (non-hydrogen) atoms. The molecular formula is C20H23FN4OS. The lowest BCUT2D eigenvalue weighted by atomic mass is 9.97. The van der Waals surface area contributed by atoms with E-state index < -0.39 is 0 Å². The molecule has 1 aromatic carbocycles. The number of ether oxygens (including phenoxy) is 1. The smallest absolute Gasteiger partial charge is 0.213 e. The number of hydrogen-bond donors (Lipinski definition) is 0. The number of thioether (sulfide) groups is 1. The van der Waals surface area contributed by atoms with E-state index in [1.54, 1.807) is 37.2 Å². The summed E-state index contributed by atoms with van der Waals surface area (Å²) >= 11 is 1.64. The number of benzene rings is 1. The quantitative estimate of drug-likeness (QED) is 0.594. The summed E-state index contributed by atoms with van der Waals surface area (Å²) in [5.74, 6) is 0.444. The third-order valence-corrected chi connectivity index (χ3v) is 5.82. The van der Waals surface area contributed by atoms with Crippen LogP contribution in [0.25, 0.3) is 0 Å². The third kappa shape index (κ3) is 3.74. The molecule has 0 N–H and O–H groups in total. The molecule has 0 amide bonds. The highest BCUT2D eigenvalue weighted by atomic mass is 32.2. The van der Waals surface area contributed by atoms with Gasteiger partial charge >= 0.3 is 0 Å². The van der Waals surface area contributed by atoms with Gasteiger partial charge in [0.2, 0.25) is 5.88 Å². The highest BCUT2D eigenvalue weighted by Gasteiger charge is 2.35. The van der Waals surface area contributed by atoms with E-state index in [0.717, 1.165) is 48.9 Å². The Kier molecular flexibility index (Phi) is 5.20. The molecule has 1 aromatic heterocycles. The molecule has 5 nitrogen and oxygen atoms in total. The SMILES string of the molecule is COc1ccc(/N=C(/SC)N2CC(N3CCCc4cc(F)ccc43)C2)cn1. The van der Waals surface area contributed by atoms with E-state index in [1.807, 2.05) is 24.5 Å². The van der Waals surface area contributed by atoms with E-state index in [-0.39, 0.29) is 5.82 Å². The van der Waals surface area contributed by atoms with Gasteiger partial charge in [0, 0.05) is 31.4 Å². The Morgan fingerprint density at radius 3 is 2.85 bits per heavy atom. The second kappa shape index (κ2) is 7.76. The van der Waals surface area contributed by atoms with Crippen molar-refractivity contribution < 1.29 is 9.13 Å². The number of halogens is 1. The molecule has 1 saturated heterocycles. The zero-order chi connectivity index (χ0) is 18.8. The summed E-state index contributed by atoms with van der Waals surface area (Å²) in [6.07, 6.45) is 5.81. The van der Waals surface area contributed by atoms with Gasteiger partial charge in [0.15, 0.2) is 5.17 Å². The van der Waals surface area contributed by atoms with Crippen molar-refractivity contribution in [2.24, 2.45) is 4.99 Å². The Morgan fingerprint density at radius 1 is 1.30 bits per heavy atom. The van der Waals surface area contributed by atoms with E-state index in [2.05, 4.69) is 14.8 Å². The molecule has 2 aliphatic rings. The minimum absolute atomic E-state index is 0.143. The van der Waals surface area contributed by atoms with Crippen molar-refractivity contribution in [1.29, 1.82) is 0 Å². The molecule has 142 valence electrons. The summed E-state index contributed by atoms with van der Waals surface area (Å²) in [6.45, 7) is 2.89. The number of pyridine rings is 1. The number of hydrogen-bond acceptors (Lipinski definition) is 5. The molecule has 0 atom stereocenters. The van der Waals surface area contributed by atoms with Gasteiger partial charge in [-0.1, -0.05) is 11.8 Å². The molecule has 0 radical (unpaired) electrons. The van der Waals surface area contributed by atoms with Gasteiger partial charge in [-0.25, -0.2) is 14.4 Å². The second-order valence-corrected chi connectivity index (χ2v) is 7.56. The monoisotopic (exact) mass is 386 g/mol. The van der Waals surface area contributed by atoms with Crippen LogP contribution in [0.15, 0.2) is 41.5 Å². The summed E-state index contributed by atoms with van der Waals surface area (Å²) in [6, 6.07) is 9.36. The summed E-state index contributed by atoms with van der Waals surface area (Å²) in [5, 5.41) is 0.995. The number of fused-ring (bicyclic) bond motifs is 1. The van der Waals surface area contributed by atoms with Gasteiger partial charge in [-0.2, -0.15) is 0 Å². The van der Waals surface area contributed by atoms with Crippen LogP contribution in [0.2, 0.25) is 0 Å². The van der Waals surface area contributed by atoms with E-state index in [1.165, 1.54) is 5.69 Å². The number of methoxy groups -OCH3 is 1. The van der Waals surface area contributed by atoms with Crippen LogP contribution < -0.4 is 9.64 Å². The first-order chi connectivity index (χ1) is 13.2. The maximum absolute atomic E-state index is 13.5. The lowest BCUT2D eigenvalue weighted by Crippen LogP contribution is -2.61. The van der Waals surface area contributed by atoms with Gasteiger partial charge in [0.1, 0.15) is 5.82 Å². The number of aryl methyl sites for hydroxylation is 1. The zero-order valence-electron chi connectivity index (χ0n) is 15.6. The number of aromatic nitrogens is 1. The van der Waals surface area contributed by atoms with E-state index in [9.17, 15) is 4.39 Å². The molecule has 0 saturated carbocycles. The van der Waals surface area contributed by atoms with Crippen molar-refractivity contribution in [3.05, 3.63) is 47.9 Å².